The van der Waals surface area contributed by atoms with Gasteiger partial charge in [0, 0.05) is 6.54 Å². The second-order valence-corrected chi connectivity index (χ2v) is 7.87. The molecular weight excluding hydrogens is 322 g/mol. The Hall–Kier alpha value is -2.14. The van der Waals surface area contributed by atoms with Crippen molar-refractivity contribution in [2.75, 3.05) is 6.54 Å². The lowest BCUT2D eigenvalue weighted by atomic mass is 9.89. The Morgan fingerprint density at radius 3 is 2.75 bits per heavy atom. The number of rotatable bonds is 2. The van der Waals surface area contributed by atoms with E-state index in [0.29, 0.717) is 11.4 Å². The minimum absolute atomic E-state index is 0.213. The van der Waals surface area contributed by atoms with E-state index in [1.54, 1.807) is 4.90 Å². The number of benzene rings is 1. The molecule has 1 aliphatic rings. The van der Waals surface area contributed by atoms with Crippen LogP contribution in [0.15, 0.2) is 35.7 Å². The van der Waals surface area contributed by atoms with E-state index in [-0.39, 0.29) is 12.1 Å². The Bertz CT molecular complexity index is 760. The van der Waals surface area contributed by atoms with Gasteiger partial charge >= 0.3 is 6.09 Å². The zero-order valence-electron chi connectivity index (χ0n) is 14.1. The number of fused-ring (bicyclic) bond motifs is 1. The standard InChI is InChI=1S/C19H21NO3S/c1-19(2,3)23-18(22)20-9-8-13-6-4-5-7-16(13)17(20)14-10-15(11-21)24-12-14/h4-7,10-12,17H,8-9H2,1-3H3. The summed E-state index contributed by atoms with van der Waals surface area (Å²) in [6.07, 6.45) is 1.33. The lowest BCUT2D eigenvalue weighted by Gasteiger charge is -2.38. The summed E-state index contributed by atoms with van der Waals surface area (Å²) in [5, 5.41) is 1.95. The molecule has 0 fully saturated rings. The zero-order chi connectivity index (χ0) is 17.3. The number of nitrogens with zero attached hydrogens (tertiary/aromatic N) is 1. The van der Waals surface area contributed by atoms with Gasteiger partial charge in [0.25, 0.3) is 0 Å². The molecule has 1 unspecified atom stereocenters. The van der Waals surface area contributed by atoms with Gasteiger partial charge in [0.1, 0.15) is 5.60 Å². The highest BCUT2D eigenvalue weighted by Gasteiger charge is 2.34. The van der Waals surface area contributed by atoms with E-state index in [1.807, 2.05) is 44.4 Å². The summed E-state index contributed by atoms with van der Waals surface area (Å²) in [6.45, 7) is 6.20. The number of ether oxygens (including phenoxy) is 1. The summed E-state index contributed by atoms with van der Waals surface area (Å²) in [5.74, 6) is 0. The monoisotopic (exact) mass is 343 g/mol. The number of carbonyl (C=O) groups is 2. The Labute approximate surface area is 146 Å². The Morgan fingerprint density at radius 2 is 2.08 bits per heavy atom. The van der Waals surface area contributed by atoms with Gasteiger partial charge in [-0.3, -0.25) is 9.69 Å². The van der Waals surface area contributed by atoms with Gasteiger partial charge < -0.3 is 4.74 Å². The van der Waals surface area contributed by atoms with E-state index in [2.05, 4.69) is 12.1 Å². The highest BCUT2D eigenvalue weighted by atomic mass is 32.1. The minimum atomic E-state index is -0.540. The SMILES string of the molecule is CC(C)(C)OC(=O)N1CCc2ccccc2C1c1csc(C=O)c1. The predicted octanol–water partition coefficient (Wildman–Crippen LogP) is 4.44. The summed E-state index contributed by atoms with van der Waals surface area (Å²) in [7, 11) is 0. The first-order valence-corrected chi connectivity index (χ1v) is 8.88. The first kappa shape index (κ1) is 16.7. The van der Waals surface area contributed by atoms with Gasteiger partial charge in [-0.1, -0.05) is 24.3 Å². The lowest BCUT2D eigenvalue weighted by molar-refractivity contribution is 0.0178. The van der Waals surface area contributed by atoms with Gasteiger partial charge in [-0.2, -0.15) is 0 Å². The molecule has 126 valence electrons. The molecule has 2 aromatic rings. The number of aldehydes is 1. The van der Waals surface area contributed by atoms with Crippen LogP contribution in [0.3, 0.4) is 0 Å². The van der Waals surface area contributed by atoms with Crippen molar-refractivity contribution >= 4 is 23.7 Å². The predicted molar refractivity (Wildman–Crippen MR) is 94.6 cm³/mol. The molecule has 0 radical (unpaired) electrons. The van der Waals surface area contributed by atoms with Crippen molar-refractivity contribution in [3.8, 4) is 0 Å². The fraction of sp³-hybridized carbons (Fsp3) is 0.368. The van der Waals surface area contributed by atoms with Gasteiger partial charge in [0.2, 0.25) is 0 Å². The van der Waals surface area contributed by atoms with E-state index < -0.39 is 5.60 Å². The van der Waals surface area contributed by atoms with Gasteiger partial charge in [0.15, 0.2) is 6.29 Å². The van der Waals surface area contributed by atoms with Crippen molar-refractivity contribution in [3.05, 3.63) is 57.3 Å². The molecule has 0 saturated carbocycles. The minimum Gasteiger partial charge on any atom is -0.444 e. The van der Waals surface area contributed by atoms with E-state index in [1.165, 1.54) is 16.9 Å². The van der Waals surface area contributed by atoms with Crippen LogP contribution >= 0.6 is 11.3 Å². The molecule has 0 N–H and O–H groups in total. The molecule has 24 heavy (non-hydrogen) atoms. The van der Waals surface area contributed by atoms with Gasteiger partial charge in [-0.15, -0.1) is 11.3 Å². The fourth-order valence-corrected chi connectivity index (χ4v) is 3.75. The quantitative estimate of drug-likeness (QED) is 0.757. The van der Waals surface area contributed by atoms with Gasteiger partial charge in [-0.25, -0.2) is 4.79 Å². The van der Waals surface area contributed by atoms with Crippen LogP contribution in [0.4, 0.5) is 4.79 Å². The van der Waals surface area contributed by atoms with Crippen LogP contribution in [0.25, 0.3) is 0 Å². The van der Waals surface area contributed by atoms with Crippen LogP contribution in [0.2, 0.25) is 0 Å². The summed E-state index contributed by atoms with van der Waals surface area (Å²) in [4.78, 5) is 26.2. The average molecular weight is 343 g/mol. The van der Waals surface area contributed by atoms with E-state index >= 15 is 0 Å². The van der Waals surface area contributed by atoms with Crippen LogP contribution < -0.4 is 0 Å². The summed E-state index contributed by atoms with van der Waals surface area (Å²) >= 11 is 1.40. The maximum atomic E-state index is 12.7. The van der Waals surface area contributed by atoms with Crippen LogP contribution in [-0.2, 0) is 11.2 Å². The van der Waals surface area contributed by atoms with Crippen molar-refractivity contribution in [2.24, 2.45) is 0 Å². The van der Waals surface area contributed by atoms with Crippen molar-refractivity contribution in [2.45, 2.75) is 38.8 Å². The van der Waals surface area contributed by atoms with Gasteiger partial charge in [-0.05, 0) is 55.3 Å². The maximum absolute atomic E-state index is 12.7. The van der Waals surface area contributed by atoms with E-state index in [9.17, 15) is 9.59 Å². The van der Waals surface area contributed by atoms with Crippen LogP contribution in [0.5, 0.6) is 0 Å². The Morgan fingerprint density at radius 1 is 1.33 bits per heavy atom. The Balaban J connectivity index is 2.02. The maximum Gasteiger partial charge on any atom is 0.411 e. The lowest BCUT2D eigenvalue weighted by Crippen LogP contribution is -2.43. The third-order valence-electron chi connectivity index (χ3n) is 3.98. The van der Waals surface area contributed by atoms with Crippen molar-refractivity contribution in [1.82, 2.24) is 4.90 Å². The molecule has 2 heterocycles. The second-order valence-electron chi connectivity index (χ2n) is 6.93. The van der Waals surface area contributed by atoms with Crippen molar-refractivity contribution < 1.29 is 14.3 Å². The average Bonchev–Trinajstić information content (AvgIpc) is 3.00. The topological polar surface area (TPSA) is 46.6 Å². The van der Waals surface area contributed by atoms with Crippen LogP contribution in [0, 0.1) is 0 Å². The molecule has 1 atom stereocenters. The molecular formula is C19H21NO3S. The number of carbonyl (C=O) groups excluding carboxylic acids is 2. The summed E-state index contributed by atoms with van der Waals surface area (Å²) in [5.41, 5.74) is 2.76. The first-order valence-electron chi connectivity index (χ1n) is 8.00. The molecule has 1 aromatic heterocycles. The highest BCUT2D eigenvalue weighted by Crippen LogP contribution is 2.37. The largest absolute Gasteiger partial charge is 0.444 e. The normalized spacial score (nSPS) is 17.3. The first-order chi connectivity index (χ1) is 11.4. The Kier molecular flexibility index (Phi) is 4.45. The third-order valence-corrected chi connectivity index (χ3v) is 4.86. The van der Waals surface area contributed by atoms with Crippen LogP contribution in [-0.4, -0.2) is 29.4 Å². The summed E-state index contributed by atoms with van der Waals surface area (Å²) in [6, 6.07) is 9.80. The van der Waals surface area contributed by atoms with Crippen molar-refractivity contribution in [1.29, 1.82) is 0 Å². The molecule has 0 spiro atoms. The molecule has 1 aromatic carbocycles. The van der Waals surface area contributed by atoms with E-state index in [0.717, 1.165) is 23.8 Å². The highest BCUT2D eigenvalue weighted by molar-refractivity contribution is 7.11. The molecule has 0 aliphatic carbocycles. The molecule has 1 amide bonds. The zero-order valence-corrected chi connectivity index (χ0v) is 14.9. The van der Waals surface area contributed by atoms with Crippen molar-refractivity contribution in [3.63, 3.8) is 0 Å². The smallest absolute Gasteiger partial charge is 0.411 e. The number of hydrogen-bond acceptors (Lipinski definition) is 4. The molecule has 4 nitrogen and oxygen atoms in total. The molecule has 1 aliphatic heterocycles. The van der Waals surface area contributed by atoms with Crippen LogP contribution in [0.1, 0.15) is 53.2 Å². The number of thiophene rings is 1. The number of amides is 1. The molecule has 0 saturated heterocycles. The summed E-state index contributed by atoms with van der Waals surface area (Å²) < 4.78 is 5.60. The van der Waals surface area contributed by atoms with E-state index in [4.69, 9.17) is 4.74 Å². The molecule has 3 rings (SSSR count). The van der Waals surface area contributed by atoms with Gasteiger partial charge in [0.05, 0.1) is 10.9 Å². The fourth-order valence-electron chi connectivity index (χ4n) is 3.02. The number of hydrogen-bond donors (Lipinski definition) is 0. The molecule has 0 bridgehead atoms. The third kappa shape index (κ3) is 3.36. The second kappa shape index (κ2) is 6.40. The molecule has 5 heteroatoms.